The van der Waals surface area contributed by atoms with E-state index in [2.05, 4.69) is 10.3 Å². The van der Waals surface area contributed by atoms with Gasteiger partial charge < -0.3 is 14.5 Å². The van der Waals surface area contributed by atoms with Crippen molar-refractivity contribution >= 4 is 17.2 Å². The van der Waals surface area contributed by atoms with Gasteiger partial charge in [0.05, 0.1) is 17.2 Å². The van der Waals surface area contributed by atoms with E-state index in [4.69, 9.17) is 4.74 Å². The average Bonchev–Trinajstić information content (AvgIpc) is 3.18. The largest absolute Gasteiger partial charge is 0.482 e. The number of benzene rings is 2. The monoisotopic (exact) mass is 420 g/mol. The highest BCUT2D eigenvalue weighted by molar-refractivity contribution is 5.95. The zero-order chi connectivity index (χ0) is 21.8. The number of ether oxygens (including phenoxy) is 1. The molecule has 0 saturated carbocycles. The lowest BCUT2D eigenvalue weighted by molar-refractivity contribution is -0.386. The van der Waals surface area contributed by atoms with Gasteiger partial charge in [-0.25, -0.2) is 9.37 Å². The fourth-order valence-corrected chi connectivity index (χ4v) is 3.03. The first-order valence-electron chi connectivity index (χ1n) is 9.36. The molecule has 0 aliphatic carbocycles. The van der Waals surface area contributed by atoms with Crippen molar-refractivity contribution in [2.45, 2.75) is 13.2 Å². The minimum absolute atomic E-state index is 0.0766. The quantitative estimate of drug-likeness (QED) is 0.361. The van der Waals surface area contributed by atoms with Crippen LogP contribution in [0.2, 0.25) is 0 Å². The number of nitro benzene ring substituents is 1. The van der Waals surface area contributed by atoms with Crippen molar-refractivity contribution in [2.24, 2.45) is 0 Å². The number of carbonyl (C=O) groups is 1. The Balaban J connectivity index is 1.45. The van der Waals surface area contributed by atoms with Crippen molar-refractivity contribution in [2.75, 3.05) is 0 Å². The highest BCUT2D eigenvalue weighted by Crippen LogP contribution is 2.28. The second-order valence-electron chi connectivity index (χ2n) is 6.74. The molecular weight excluding hydrogens is 403 g/mol. The summed E-state index contributed by atoms with van der Waals surface area (Å²) in [6.45, 7) is 0.254. The van der Waals surface area contributed by atoms with E-state index in [9.17, 15) is 19.3 Å². The van der Waals surface area contributed by atoms with Crippen LogP contribution in [0.25, 0.3) is 5.65 Å². The smallest absolute Gasteiger partial charge is 0.311 e. The number of pyridine rings is 1. The summed E-state index contributed by atoms with van der Waals surface area (Å²) in [4.78, 5) is 27.6. The molecule has 0 aliphatic rings. The molecule has 2 heterocycles. The lowest BCUT2D eigenvalue weighted by atomic mass is 10.1. The number of halogens is 1. The molecule has 9 heteroatoms. The number of rotatable bonds is 7. The SMILES string of the molecule is O=C(NCc1cn2cc(F)ccc2n1)c1ccc(OCc2ccccc2)c([N+](=O)[O-])c1. The Morgan fingerprint density at radius 1 is 1.13 bits per heavy atom. The number of nitrogens with one attached hydrogen (secondary N) is 1. The van der Waals surface area contributed by atoms with Crippen molar-refractivity contribution in [1.82, 2.24) is 14.7 Å². The predicted octanol–water partition coefficient (Wildman–Crippen LogP) is 3.89. The zero-order valence-electron chi connectivity index (χ0n) is 16.2. The molecule has 0 fully saturated rings. The van der Waals surface area contributed by atoms with Crippen molar-refractivity contribution in [3.63, 3.8) is 0 Å². The number of imidazole rings is 1. The lowest BCUT2D eigenvalue weighted by Crippen LogP contribution is -2.23. The molecule has 2 aromatic carbocycles. The van der Waals surface area contributed by atoms with Crippen LogP contribution in [0.15, 0.2) is 73.1 Å². The number of nitro groups is 1. The molecule has 1 N–H and O–H groups in total. The summed E-state index contributed by atoms with van der Waals surface area (Å²) in [5.74, 6) is -0.823. The van der Waals surface area contributed by atoms with Crippen LogP contribution in [0.1, 0.15) is 21.6 Å². The first-order valence-corrected chi connectivity index (χ1v) is 9.36. The summed E-state index contributed by atoms with van der Waals surface area (Å²) < 4.78 is 20.4. The molecule has 0 spiro atoms. The minimum atomic E-state index is -0.590. The average molecular weight is 420 g/mol. The fraction of sp³-hybridized carbons (Fsp3) is 0.0909. The number of carbonyl (C=O) groups excluding carboxylic acids is 1. The van der Waals surface area contributed by atoms with E-state index in [1.165, 1.54) is 40.9 Å². The number of hydrogen-bond donors (Lipinski definition) is 1. The molecule has 8 nitrogen and oxygen atoms in total. The van der Waals surface area contributed by atoms with Crippen LogP contribution in [-0.2, 0) is 13.2 Å². The summed E-state index contributed by atoms with van der Waals surface area (Å²) in [7, 11) is 0. The zero-order valence-corrected chi connectivity index (χ0v) is 16.2. The molecule has 0 atom stereocenters. The van der Waals surface area contributed by atoms with Gasteiger partial charge in [0.1, 0.15) is 18.1 Å². The molecule has 0 radical (unpaired) electrons. The molecular formula is C22H17FN4O4. The molecule has 0 aliphatic heterocycles. The standard InChI is InChI=1S/C22H17FN4O4/c23-17-7-9-21-25-18(13-26(21)12-17)11-24-22(28)16-6-8-20(19(10-16)27(29)30)31-14-15-4-2-1-3-5-15/h1-10,12-13H,11,14H2,(H,24,28). The summed E-state index contributed by atoms with van der Waals surface area (Å²) in [6.07, 6.45) is 2.88. The van der Waals surface area contributed by atoms with Gasteiger partial charge in [-0.05, 0) is 29.8 Å². The van der Waals surface area contributed by atoms with Crippen LogP contribution in [-0.4, -0.2) is 20.2 Å². The third-order valence-electron chi connectivity index (χ3n) is 4.55. The van der Waals surface area contributed by atoms with Crippen molar-refractivity contribution in [3.8, 4) is 5.75 Å². The van der Waals surface area contributed by atoms with Crippen LogP contribution < -0.4 is 10.1 Å². The van der Waals surface area contributed by atoms with Gasteiger partial charge in [0, 0.05) is 24.0 Å². The van der Waals surface area contributed by atoms with E-state index < -0.39 is 16.6 Å². The maximum absolute atomic E-state index is 13.3. The van der Waals surface area contributed by atoms with Gasteiger partial charge in [0.2, 0.25) is 0 Å². The molecule has 0 unspecified atom stereocenters. The number of fused-ring (bicyclic) bond motifs is 1. The van der Waals surface area contributed by atoms with Crippen LogP contribution in [0.3, 0.4) is 0 Å². The lowest BCUT2D eigenvalue weighted by Gasteiger charge is -2.09. The Morgan fingerprint density at radius 2 is 1.94 bits per heavy atom. The van der Waals surface area contributed by atoms with Gasteiger partial charge >= 0.3 is 5.69 Å². The van der Waals surface area contributed by atoms with Crippen LogP contribution in [0.5, 0.6) is 5.75 Å². The molecule has 4 aromatic rings. The molecule has 4 rings (SSSR count). The normalized spacial score (nSPS) is 10.7. The molecule has 2 aromatic heterocycles. The van der Waals surface area contributed by atoms with Gasteiger partial charge in [-0.1, -0.05) is 30.3 Å². The predicted molar refractivity (Wildman–Crippen MR) is 110 cm³/mol. The van der Waals surface area contributed by atoms with Gasteiger partial charge in [-0.3, -0.25) is 14.9 Å². The van der Waals surface area contributed by atoms with E-state index in [1.807, 2.05) is 30.3 Å². The summed E-state index contributed by atoms with van der Waals surface area (Å²) in [5, 5.41) is 14.1. The van der Waals surface area contributed by atoms with Gasteiger partial charge in [-0.2, -0.15) is 0 Å². The van der Waals surface area contributed by atoms with E-state index in [-0.39, 0.29) is 30.2 Å². The van der Waals surface area contributed by atoms with Crippen LogP contribution >= 0.6 is 0 Å². The Bertz CT molecular complexity index is 1260. The number of amides is 1. The van der Waals surface area contributed by atoms with Gasteiger partial charge in [-0.15, -0.1) is 0 Å². The minimum Gasteiger partial charge on any atom is -0.482 e. The first-order chi connectivity index (χ1) is 15.0. The summed E-state index contributed by atoms with van der Waals surface area (Å²) in [6, 6.07) is 16.1. The van der Waals surface area contributed by atoms with Crippen molar-refractivity contribution < 1.29 is 18.8 Å². The maximum Gasteiger partial charge on any atom is 0.311 e. The van der Waals surface area contributed by atoms with Gasteiger partial charge in [0.25, 0.3) is 5.91 Å². The third kappa shape index (κ3) is 4.67. The number of nitrogens with zero attached hydrogens (tertiary/aromatic N) is 3. The maximum atomic E-state index is 13.3. The molecule has 31 heavy (non-hydrogen) atoms. The van der Waals surface area contributed by atoms with E-state index >= 15 is 0 Å². The highest BCUT2D eigenvalue weighted by Gasteiger charge is 2.19. The van der Waals surface area contributed by atoms with Gasteiger partial charge in [0.15, 0.2) is 5.75 Å². The van der Waals surface area contributed by atoms with Crippen LogP contribution in [0, 0.1) is 15.9 Å². The Kier molecular flexibility index (Phi) is 5.57. The third-order valence-corrected chi connectivity index (χ3v) is 4.55. The molecule has 1 amide bonds. The highest BCUT2D eigenvalue weighted by atomic mass is 19.1. The first kappa shape index (κ1) is 20.0. The Morgan fingerprint density at radius 3 is 2.71 bits per heavy atom. The van der Waals surface area contributed by atoms with Crippen molar-refractivity contribution in [1.29, 1.82) is 0 Å². The second-order valence-corrected chi connectivity index (χ2v) is 6.74. The van der Waals surface area contributed by atoms with Crippen molar-refractivity contribution in [3.05, 3.63) is 106 Å². The van der Waals surface area contributed by atoms with E-state index in [0.29, 0.717) is 11.3 Å². The second kappa shape index (κ2) is 8.62. The topological polar surface area (TPSA) is 98.8 Å². The van der Waals surface area contributed by atoms with E-state index in [0.717, 1.165) is 5.56 Å². The summed E-state index contributed by atoms with van der Waals surface area (Å²) >= 11 is 0. The molecule has 0 saturated heterocycles. The van der Waals surface area contributed by atoms with Crippen LogP contribution in [0.4, 0.5) is 10.1 Å². The molecule has 0 bridgehead atoms. The Hall–Kier alpha value is -4.27. The number of aromatic nitrogens is 2. The Labute approximate surface area is 176 Å². The summed E-state index contributed by atoms with van der Waals surface area (Å²) in [5.41, 5.74) is 1.75. The molecule has 156 valence electrons. The fourth-order valence-electron chi connectivity index (χ4n) is 3.03. The van der Waals surface area contributed by atoms with E-state index in [1.54, 1.807) is 6.20 Å². The number of hydrogen-bond acceptors (Lipinski definition) is 5.